The molecular formula is C14H22N4S. The lowest BCUT2D eigenvalue weighted by Crippen LogP contribution is -2.27. The Balaban J connectivity index is 2.51. The van der Waals surface area contributed by atoms with E-state index < -0.39 is 0 Å². The van der Waals surface area contributed by atoms with Gasteiger partial charge >= 0.3 is 0 Å². The van der Waals surface area contributed by atoms with Gasteiger partial charge in [-0.2, -0.15) is 4.98 Å². The van der Waals surface area contributed by atoms with Gasteiger partial charge in [0.15, 0.2) is 0 Å². The van der Waals surface area contributed by atoms with Gasteiger partial charge in [-0.05, 0) is 33.3 Å². The zero-order valence-corrected chi connectivity index (χ0v) is 13.1. The summed E-state index contributed by atoms with van der Waals surface area (Å²) >= 11 is 1.73. The summed E-state index contributed by atoms with van der Waals surface area (Å²) in [6.07, 6.45) is 1.07. The molecule has 0 radical (unpaired) electrons. The van der Waals surface area contributed by atoms with Gasteiger partial charge in [-0.3, -0.25) is 0 Å². The van der Waals surface area contributed by atoms with E-state index in [0.29, 0.717) is 6.04 Å². The molecule has 0 fully saturated rings. The SMILES string of the molecule is CCCNc1nc(N(C)C(C)C)c2cc(C)sc2n1. The van der Waals surface area contributed by atoms with Gasteiger partial charge in [0.2, 0.25) is 5.95 Å². The molecule has 0 saturated heterocycles. The van der Waals surface area contributed by atoms with E-state index in [1.165, 1.54) is 4.88 Å². The van der Waals surface area contributed by atoms with Gasteiger partial charge in [-0.25, -0.2) is 4.98 Å². The number of nitrogens with zero attached hydrogens (tertiary/aromatic N) is 3. The molecule has 2 rings (SSSR count). The number of aromatic nitrogens is 2. The van der Waals surface area contributed by atoms with Gasteiger partial charge in [0, 0.05) is 24.5 Å². The third-order valence-electron chi connectivity index (χ3n) is 3.14. The Kier molecular flexibility index (Phi) is 4.24. The maximum Gasteiger partial charge on any atom is 0.226 e. The average molecular weight is 278 g/mol. The first kappa shape index (κ1) is 14.1. The molecule has 0 unspecified atom stereocenters. The van der Waals surface area contributed by atoms with Crippen LogP contribution in [0.25, 0.3) is 10.2 Å². The molecule has 0 aliphatic carbocycles. The minimum Gasteiger partial charge on any atom is -0.357 e. The second kappa shape index (κ2) is 5.74. The van der Waals surface area contributed by atoms with Gasteiger partial charge in [0.05, 0.1) is 5.39 Å². The maximum atomic E-state index is 4.68. The number of aryl methyl sites for hydroxylation is 1. The Morgan fingerprint density at radius 2 is 2.11 bits per heavy atom. The Hall–Kier alpha value is -1.36. The fraction of sp³-hybridized carbons (Fsp3) is 0.571. The second-order valence-corrected chi connectivity index (χ2v) is 6.31. The van der Waals surface area contributed by atoms with Crippen molar-refractivity contribution in [3.8, 4) is 0 Å². The quantitative estimate of drug-likeness (QED) is 0.906. The highest BCUT2D eigenvalue weighted by molar-refractivity contribution is 7.18. The number of hydrogen-bond acceptors (Lipinski definition) is 5. The monoisotopic (exact) mass is 278 g/mol. The van der Waals surface area contributed by atoms with Crippen LogP contribution in [0.3, 0.4) is 0 Å². The van der Waals surface area contributed by atoms with E-state index in [1.807, 2.05) is 0 Å². The largest absolute Gasteiger partial charge is 0.357 e. The van der Waals surface area contributed by atoms with Crippen LogP contribution in [0.1, 0.15) is 32.1 Å². The van der Waals surface area contributed by atoms with E-state index in [9.17, 15) is 0 Å². The molecule has 104 valence electrons. The van der Waals surface area contributed by atoms with E-state index in [2.05, 4.69) is 61.0 Å². The molecule has 2 heterocycles. The molecule has 0 spiro atoms. The molecular weight excluding hydrogens is 256 g/mol. The fourth-order valence-electron chi connectivity index (χ4n) is 1.86. The van der Waals surface area contributed by atoms with Crippen molar-refractivity contribution in [1.29, 1.82) is 0 Å². The molecule has 0 aliphatic rings. The second-order valence-electron chi connectivity index (χ2n) is 5.08. The molecule has 0 amide bonds. The number of nitrogens with one attached hydrogen (secondary N) is 1. The van der Waals surface area contributed by atoms with Gasteiger partial charge in [-0.1, -0.05) is 6.92 Å². The number of thiophene rings is 1. The van der Waals surface area contributed by atoms with Crippen molar-refractivity contribution in [2.24, 2.45) is 0 Å². The van der Waals surface area contributed by atoms with Crippen molar-refractivity contribution in [3.05, 3.63) is 10.9 Å². The van der Waals surface area contributed by atoms with E-state index in [-0.39, 0.29) is 0 Å². The molecule has 0 aliphatic heterocycles. The third kappa shape index (κ3) is 2.97. The Morgan fingerprint density at radius 1 is 1.37 bits per heavy atom. The van der Waals surface area contributed by atoms with E-state index >= 15 is 0 Å². The van der Waals surface area contributed by atoms with Crippen LogP contribution in [0.2, 0.25) is 0 Å². The molecule has 0 atom stereocenters. The molecule has 1 N–H and O–H groups in total. The van der Waals surface area contributed by atoms with Crippen LogP contribution in [0.15, 0.2) is 6.07 Å². The summed E-state index contributed by atoms with van der Waals surface area (Å²) in [4.78, 5) is 13.8. The van der Waals surface area contributed by atoms with Gasteiger partial charge in [-0.15, -0.1) is 11.3 Å². The molecule has 19 heavy (non-hydrogen) atoms. The van der Waals surface area contributed by atoms with Gasteiger partial charge in [0.25, 0.3) is 0 Å². The summed E-state index contributed by atoms with van der Waals surface area (Å²) in [5, 5.41) is 4.44. The summed E-state index contributed by atoms with van der Waals surface area (Å²) in [5.74, 6) is 1.75. The van der Waals surface area contributed by atoms with Gasteiger partial charge < -0.3 is 10.2 Å². The zero-order chi connectivity index (χ0) is 14.0. The summed E-state index contributed by atoms with van der Waals surface area (Å²) in [5.41, 5.74) is 0. The van der Waals surface area contributed by atoms with Crippen LogP contribution in [0.5, 0.6) is 0 Å². The minimum atomic E-state index is 0.414. The van der Waals surface area contributed by atoms with E-state index in [4.69, 9.17) is 0 Å². The van der Waals surface area contributed by atoms with Crippen molar-refractivity contribution < 1.29 is 0 Å². The molecule has 2 aromatic heterocycles. The number of anilines is 2. The molecule has 0 aromatic carbocycles. The normalized spacial score (nSPS) is 11.3. The lowest BCUT2D eigenvalue weighted by atomic mass is 10.3. The highest BCUT2D eigenvalue weighted by atomic mass is 32.1. The highest BCUT2D eigenvalue weighted by Crippen LogP contribution is 2.31. The summed E-state index contributed by atoms with van der Waals surface area (Å²) in [6, 6.07) is 2.59. The van der Waals surface area contributed by atoms with Gasteiger partial charge in [0.1, 0.15) is 10.6 Å². The first-order valence-corrected chi connectivity index (χ1v) is 7.59. The molecule has 0 bridgehead atoms. The van der Waals surface area contributed by atoms with E-state index in [1.54, 1.807) is 11.3 Å². The third-order valence-corrected chi connectivity index (χ3v) is 4.08. The number of fused-ring (bicyclic) bond motifs is 1. The van der Waals surface area contributed by atoms with Crippen molar-refractivity contribution in [2.45, 2.75) is 40.2 Å². The van der Waals surface area contributed by atoms with Crippen molar-refractivity contribution in [2.75, 3.05) is 23.8 Å². The maximum absolute atomic E-state index is 4.68. The molecule has 4 nitrogen and oxygen atoms in total. The van der Waals surface area contributed by atoms with Crippen LogP contribution in [-0.4, -0.2) is 29.6 Å². The Morgan fingerprint density at radius 3 is 2.74 bits per heavy atom. The summed E-state index contributed by atoms with van der Waals surface area (Å²) in [7, 11) is 2.09. The lowest BCUT2D eigenvalue weighted by molar-refractivity contribution is 0.745. The predicted octanol–water partition coefficient (Wildman–Crippen LogP) is 3.67. The molecule has 2 aromatic rings. The smallest absolute Gasteiger partial charge is 0.226 e. The molecule has 0 saturated carbocycles. The topological polar surface area (TPSA) is 41.1 Å². The Bertz CT molecular complexity index is 562. The zero-order valence-electron chi connectivity index (χ0n) is 12.3. The van der Waals surface area contributed by atoms with Crippen molar-refractivity contribution in [3.63, 3.8) is 0 Å². The fourth-order valence-corrected chi connectivity index (χ4v) is 2.73. The first-order valence-electron chi connectivity index (χ1n) is 6.77. The minimum absolute atomic E-state index is 0.414. The van der Waals surface area contributed by atoms with Crippen LogP contribution >= 0.6 is 11.3 Å². The van der Waals surface area contributed by atoms with Crippen LogP contribution in [0.4, 0.5) is 11.8 Å². The average Bonchev–Trinajstić information content (AvgIpc) is 2.74. The van der Waals surface area contributed by atoms with Crippen LogP contribution < -0.4 is 10.2 Å². The van der Waals surface area contributed by atoms with Crippen LogP contribution in [-0.2, 0) is 0 Å². The lowest BCUT2D eigenvalue weighted by Gasteiger charge is -2.23. The summed E-state index contributed by atoms with van der Waals surface area (Å²) < 4.78 is 0. The van der Waals surface area contributed by atoms with E-state index in [0.717, 1.165) is 34.9 Å². The molecule has 5 heteroatoms. The summed E-state index contributed by atoms with van der Waals surface area (Å²) in [6.45, 7) is 9.51. The van der Waals surface area contributed by atoms with Crippen molar-refractivity contribution >= 4 is 33.3 Å². The first-order chi connectivity index (χ1) is 9.02. The standard InChI is InChI=1S/C14H22N4S/c1-6-7-15-14-16-12(18(5)9(2)3)11-8-10(4)19-13(11)17-14/h8-9H,6-7H2,1-5H3,(H,15,16,17). The van der Waals surface area contributed by atoms with Crippen LogP contribution in [0, 0.1) is 6.92 Å². The number of hydrogen-bond donors (Lipinski definition) is 1. The predicted molar refractivity (Wildman–Crippen MR) is 84.5 cm³/mol. The highest BCUT2D eigenvalue weighted by Gasteiger charge is 2.15. The number of rotatable bonds is 5. The van der Waals surface area contributed by atoms with Crippen molar-refractivity contribution in [1.82, 2.24) is 9.97 Å². The Labute approximate surface area is 118 Å².